The van der Waals surface area contributed by atoms with Gasteiger partial charge in [0.05, 0.1) is 24.6 Å². The van der Waals surface area contributed by atoms with Crippen molar-refractivity contribution in [2.24, 2.45) is 0 Å². The predicted octanol–water partition coefficient (Wildman–Crippen LogP) is 5.89. The van der Waals surface area contributed by atoms with E-state index in [0.29, 0.717) is 16.3 Å². The molecule has 0 aliphatic carbocycles. The van der Waals surface area contributed by atoms with Gasteiger partial charge in [0.2, 0.25) is 5.91 Å². The SMILES string of the molecule is COc1ccc2c(c1)c(CC(=O)NC(C)(C)c1ccccc1)c(C)n2C(=O)c1ccc(Cl)cc1. The quantitative estimate of drug-likeness (QED) is 0.379. The first kappa shape index (κ1) is 23.6. The number of halogens is 1. The minimum atomic E-state index is -0.540. The lowest BCUT2D eigenvalue weighted by Crippen LogP contribution is -2.41. The topological polar surface area (TPSA) is 60.3 Å². The van der Waals surface area contributed by atoms with E-state index in [1.165, 1.54) is 0 Å². The van der Waals surface area contributed by atoms with Crippen LogP contribution in [0.25, 0.3) is 10.9 Å². The number of methoxy groups -OCH3 is 1. The molecule has 0 saturated heterocycles. The van der Waals surface area contributed by atoms with Gasteiger partial charge in [-0.1, -0.05) is 41.9 Å². The molecule has 0 aliphatic heterocycles. The maximum absolute atomic E-state index is 13.4. The van der Waals surface area contributed by atoms with Crippen LogP contribution in [0.1, 0.15) is 41.0 Å². The summed E-state index contributed by atoms with van der Waals surface area (Å²) in [5, 5.41) is 4.51. The molecular formula is C28H27ClN2O3. The second kappa shape index (κ2) is 9.35. The summed E-state index contributed by atoms with van der Waals surface area (Å²) in [5.74, 6) is 0.355. The number of hydrogen-bond donors (Lipinski definition) is 1. The van der Waals surface area contributed by atoms with E-state index in [1.807, 2.05) is 69.3 Å². The molecule has 4 aromatic rings. The molecule has 5 nitrogen and oxygen atoms in total. The first-order chi connectivity index (χ1) is 16.2. The maximum Gasteiger partial charge on any atom is 0.262 e. The summed E-state index contributed by atoms with van der Waals surface area (Å²) in [6.45, 7) is 5.82. The molecule has 0 spiro atoms. The highest BCUT2D eigenvalue weighted by atomic mass is 35.5. The molecular weight excluding hydrogens is 448 g/mol. The van der Waals surface area contributed by atoms with Crippen molar-refractivity contribution in [3.63, 3.8) is 0 Å². The normalized spacial score (nSPS) is 11.4. The van der Waals surface area contributed by atoms with Crippen LogP contribution in [-0.2, 0) is 16.8 Å². The van der Waals surface area contributed by atoms with Crippen molar-refractivity contribution in [2.75, 3.05) is 7.11 Å². The number of fused-ring (bicyclic) bond motifs is 1. The van der Waals surface area contributed by atoms with Gasteiger partial charge < -0.3 is 10.1 Å². The zero-order valence-electron chi connectivity index (χ0n) is 19.7. The second-order valence-electron chi connectivity index (χ2n) is 8.81. The lowest BCUT2D eigenvalue weighted by Gasteiger charge is -2.27. The number of carbonyl (C=O) groups is 2. The van der Waals surface area contributed by atoms with Gasteiger partial charge in [0, 0.05) is 21.7 Å². The monoisotopic (exact) mass is 474 g/mol. The van der Waals surface area contributed by atoms with Gasteiger partial charge in [0.15, 0.2) is 0 Å². The third-order valence-electron chi connectivity index (χ3n) is 6.12. The Morgan fingerprint density at radius 1 is 1.00 bits per heavy atom. The zero-order chi connectivity index (χ0) is 24.5. The Balaban J connectivity index is 1.73. The van der Waals surface area contributed by atoms with Gasteiger partial charge in [-0.25, -0.2) is 0 Å². The highest BCUT2D eigenvalue weighted by molar-refractivity contribution is 6.30. The van der Waals surface area contributed by atoms with Gasteiger partial charge >= 0.3 is 0 Å². The van der Waals surface area contributed by atoms with Gasteiger partial charge in [-0.05, 0) is 74.4 Å². The fraction of sp³-hybridized carbons (Fsp3) is 0.214. The molecule has 0 atom stereocenters. The summed E-state index contributed by atoms with van der Waals surface area (Å²) in [6, 6.07) is 22.2. The van der Waals surface area contributed by atoms with Crippen LogP contribution < -0.4 is 10.1 Å². The highest BCUT2D eigenvalue weighted by Crippen LogP contribution is 2.31. The Bertz CT molecular complexity index is 1360. The van der Waals surface area contributed by atoms with Crippen molar-refractivity contribution in [2.45, 2.75) is 32.7 Å². The maximum atomic E-state index is 13.4. The molecule has 0 radical (unpaired) electrons. The average molecular weight is 475 g/mol. The Kier molecular flexibility index (Phi) is 6.49. The standard InChI is InChI=1S/C28H27ClN2O3/c1-18-23(17-26(32)30-28(2,3)20-8-6-5-7-9-20)24-16-22(34-4)14-15-25(24)31(18)27(33)19-10-12-21(29)13-11-19/h5-16H,17H2,1-4H3,(H,30,32). The van der Waals surface area contributed by atoms with Crippen LogP contribution >= 0.6 is 11.6 Å². The molecule has 0 saturated carbocycles. The van der Waals surface area contributed by atoms with E-state index in [0.717, 1.165) is 27.7 Å². The number of benzene rings is 3. The van der Waals surface area contributed by atoms with Gasteiger partial charge in [-0.3, -0.25) is 14.2 Å². The predicted molar refractivity (Wildman–Crippen MR) is 136 cm³/mol. The van der Waals surface area contributed by atoms with E-state index < -0.39 is 5.54 Å². The van der Waals surface area contributed by atoms with Gasteiger partial charge in [-0.2, -0.15) is 0 Å². The fourth-order valence-electron chi connectivity index (χ4n) is 4.28. The molecule has 4 rings (SSSR count). The van der Waals surface area contributed by atoms with Crippen molar-refractivity contribution in [1.29, 1.82) is 0 Å². The van der Waals surface area contributed by atoms with Gasteiger partial charge in [-0.15, -0.1) is 0 Å². The van der Waals surface area contributed by atoms with Crippen LogP contribution in [0.15, 0.2) is 72.8 Å². The van der Waals surface area contributed by atoms with Crippen LogP contribution in [0.3, 0.4) is 0 Å². The summed E-state index contributed by atoms with van der Waals surface area (Å²) in [7, 11) is 1.60. The number of hydrogen-bond acceptors (Lipinski definition) is 3. The molecule has 1 N–H and O–H groups in total. The Hall–Kier alpha value is -3.57. The summed E-state index contributed by atoms with van der Waals surface area (Å²) in [4.78, 5) is 26.6. The number of amides is 1. The van der Waals surface area contributed by atoms with Crippen LogP contribution in [0.5, 0.6) is 5.75 Å². The van der Waals surface area contributed by atoms with Crippen LogP contribution in [-0.4, -0.2) is 23.5 Å². The first-order valence-corrected chi connectivity index (χ1v) is 11.4. The van der Waals surface area contributed by atoms with Gasteiger partial charge in [0.1, 0.15) is 5.75 Å². The average Bonchev–Trinajstić information content (AvgIpc) is 3.09. The molecule has 0 fully saturated rings. The second-order valence-corrected chi connectivity index (χ2v) is 9.25. The Labute approximate surface area is 204 Å². The number of ether oxygens (including phenoxy) is 1. The molecule has 0 unspecified atom stereocenters. The summed E-state index contributed by atoms with van der Waals surface area (Å²) in [6.07, 6.45) is 0.132. The minimum Gasteiger partial charge on any atom is -0.497 e. The zero-order valence-corrected chi connectivity index (χ0v) is 20.4. The summed E-state index contributed by atoms with van der Waals surface area (Å²) >= 11 is 6.00. The number of nitrogens with one attached hydrogen (secondary N) is 1. The van der Waals surface area contributed by atoms with E-state index in [-0.39, 0.29) is 18.2 Å². The van der Waals surface area contributed by atoms with Crippen LogP contribution in [0.2, 0.25) is 5.02 Å². The molecule has 0 bridgehead atoms. The smallest absolute Gasteiger partial charge is 0.262 e. The number of nitrogens with zero attached hydrogens (tertiary/aromatic N) is 1. The van der Waals surface area contributed by atoms with Gasteiger partial charge in [0.25, 0.3) is 5.91 Å². The van der Waals surface area contributed by atoms with Crippen LogP contribution in [0.4, 0.5) is 0 Å². The minimum absolute atomic E-state index is 0.127. The summed E-state index contributed by atoms with van der Waals surface area (Å²) in [5.41, 5.74) is 3.22. The van der Waals surface area contributed by atoms with E-state index in [9.17, 15) is 9.59 Å². The summed E-state index contributed by atoms with van der Waals surface area (Å²) < 4.78 is 7.07. The third-order valence-corrected chi connectivity index (χ3v) is 6.37. The van der Waals surface area contributed by atoms with Crippen molar-refractivity contribution in [1.82, 2.24) is 9.88 Å². The van der Waals surface area contributed by atoms with Crippen LogP contribution in [0, 0.1) is 6.92 Å². The Morgan fingerprint density at radius 2 is 1.68 bits per heavy atom. The van der Waals surface area contributed by atoms with E-state index >= 15 is 0 Å². The lowest BCUT2D eigenvalue weighted by atomic mass is 9.94. The lowest BCUT2D eigenvalue weighted by molar-refractivity contribution is -0.122. The highest BCUT2D eigenvalue weighted by Gasteiger charge is 2.26. The number of aromatic nitrogens is 1. The van der Waals surface area contributed by atoms with Crippen molar-refractivity contribution < 1.29 is 14.3 Å². The van der Waals surface area contributed by atoms with E-state index in [4.69, 9.17) is 16.3 Å². The van der Waals surface area contributed by atoms with Crippen molar-refractivity contribution in [3.8, 4) is 5.75 Å². The third kappa shape index (κ3) is 4.57. The number of carbonyl (C=O) groups excluding carboxylic acids is 2. The first-order valence-electron chi connectivity index (χ1n) is 11.1. The van der Waals surface area contributed by atoms with E-state index in [2.05, 4.69) is 5.32 Å². The molecule has 1 aromatic heterocycles. The molecule has 1 heterocycles. The largest absolute Gasteiger partial charge is 0.497 e. The van der Waals surface area contributed by atoms with E-state index in [1.54, 1.807) is 35.9 Å². The molecule has 3 aromatic carbocycles. The molecule has 0 aliphatic rings. The molecule has 1 amide bonds. The Morgan fingerprint density at radius 3 is 2.32 bits per heavy atom. The number of rotatable bonds is 6. The van der Waals surface area contributed by atoms with Crippen molar-refractivity contribution >= 4 is 34.3 Å². The molecule has 34 heavy (non-hydrogen) atoms. The van der Waals surface area contributed by atoms with Crippen molar-refractivity contribution in [3.05, 3.63) is 100 Å². The fourth-order valence-corrected chi connectivity index (χ4v) is 4.40. The molecule has 6 heteroatoms. The molecule has 174 valence electrons.